The number of carbonyl (C=O) groups is 1. The lowest BCUT2D eigenvalue weighted by Crippen LogP contribution is -2.44. The van der Waals surface area contributed by atoms with Crippen LogP contribution in [0.3, 0.4) is 0 Å². The molecule has 4 heterocycles. The third-order valence-electron chi connectivity index (χ3n) is 6.84. The Bertz CT molecular complexity index is 1610. The minimum absolute atomic E-state index is 0.105. The van der Waals surface area contributed by atoms with Crippen molar-refractivity contribution in [3.8, 4) is 11.4 Å². The Labute approximate surface area is 200 Å². The highest BCUT2D eigenvalue weighted by atomic mass is 16.6. The van der Waals surface area contributed by atoms with Gasteiger partial charge in [-0.1, -0.05) is 37.3 Å². The number of aliphatic hydroxyl groups is 1. The second kappa shape index (κ2) is 7.61. The number of carbonyl (C=O) groups excluding carboxylic acids is 1. The summed E-state index contributed by atoms with van der Waals surface area (Å²) in [4.78, 5) is 30.4. The van der Waals surface area contributed by atoms with Gasteiger partial charge in [0.2, 0.25) is 0 Å². The number of hydrogen-bond donors (Lipinski definition) is 3. The summed E-state index contributed by atoms with van der Waals surface area (Å²) >= 11 is 0. The molecule has 0 radical (unpaired) electrons. The van der Waals surface area contributed by atoms with E-state index in [9.17, 15) is 14.7 Å². The maximum atomic E-state index is 13.3. The maximum Gasteiger partial charge on any atom is 0.343 e. The Morgan fingerprint density at radius 2 is 1.97 bits per heavy atom. The van der Waals surface area contributed by atoms with Crippen molar-refractivity contribution in [2.75, 3.05) is 5.32 Å². The number of cyclic esters (lactones) is 1. The standard InChI is InChI=1S/C27H22N4O4/c1-2-27(34)20-12-22-23-17(13-31(22)25(32)19(20)14-35-26(27)33)10-16-11-18(8-9-21(16)30-23)29-24(28)15-6-4-3-5-7-15/h3-12,34H,2,13-14H2,1H3,(H2,28,29). The highest BCUT2D eigenvalue weighted by molar-refractivity contribution is 6.06. The molecule has 2 aromatic heterocycles. The molecule has 2 aromatic carbocycles. The number of benzene rings is 2. The average Bonchev–Trinajstić information content (AvgIpc) is 3.23. The van der Waals surface area contributed by atoms with E-state index < -0.39 is 11.6 Å². The molecule has 8 heteroatoms. The van der Waals surface area contributed by atoms with Crippen molar-refractivity contribution in [1.82, 2.24) is 9.55 Å². The molecule has 0 saturated carbocycles. The number of hydrogen-bond acceptors (Lipinski definition) is 6. The summed E-state index contributed by atoms with van der Waals surface area (Å²) in [5, 5.41) is 23.3. The van der Waals surface area contributed by atoms with Crippen LogP contribution in [-0.4, -0.2) is 26.5 Å². The molecule has 8 nitrogen and oxygen atoms in total. The Morgan fingerprint density at radius 3 is 2.74 bits per heavy atom. The van der Waals surface area contributed by atoms with Gasteiger partial charge in [-0.05, 0) is 36.8 Å². The topological polar surface area (TPSA) is 117 Å². The largest absolute Gasteiger partial charge is 0.458 e. The van der Waals surface area contributed by atoms with Gasteiger partial charge >= 0.3 is 5.97 Å². The number of nitrogens with one attached hydrogen (secondary N) is 2. The molecule has 2 aliphatic rings. The third kappa shape index (κ3) is 3.18. The minimum atomic E-state index is -1.84. The van der Waals surface area contributed by atoms with Crippen LogP contribution in [0.25, 0.3) is 22.3 Å². The monoisotopic (exact) mass is 466 g/mol. The van der Waals surface area contributed by atoms with Crippen molar-refractivity contribution in [1.29, 1.82) is 5.41 Å². The summed E-state index contributed by atoms with van der Waals surface area (Å²) in [6, 6.07) is 18.8. The lowest BCUT2D eigenvalue weighted by molar-refractivity contribution is -0.172. The van der Waals surface area contributed by atoms with Crippen LogP contribution in [0.4, 0.5) is 5.69 Å². The van der Waals surface area contributed by atoms with Crippen LogP contribution in [0.5, 0.6) is 0 Å². The normalized spacial score (nSPS) is 17.9. The highest BCUT2D eigenvalue weighted by Crippen LogP contribution is 2.38. The van der Waals surface area contributed by atoms with Crippen molar-refractivity contribution in [3.63, 3.8) is 0 Å². The van der Waals surface area contributed by atoms with E-state index in [2.05, 4.69) is 5.32 Å². The van der Waals surface area contributed by atoms with E-state index in [1.165, 1.54) is 0 Å². The summed E-state index contributed by atoms with van der Waals surface area (Å²) < 4.78 is 6.75. The van der Waals surface area contributed by atoms with E-state index in [0.717, 1.165) is 27.7 Å². The molecule has 0 amide bonds. The SMILES string of the molecule is CCC1(O)C(=O)OCc2c1cc1n(c2=O)Cc2cc3cc(NC(=N)c4ccccc4)ccc3nc2-1. The van der Waals surface area contributed by atoms with Gasteiger partial charge in [0.25, 0.3) is 5.56 Å². The molecule has 0 aliphatic carbocycles. The van der Waals surface area contributed by atoms with Gasteiger partial charge in [0.15, 0.2) is 5.60 Å². The number of anilines is 1. The van der Waals surface area contributed by atoms with Gasteiger partial charge in [-0.15, -0.1) is 0 Å². The molecule has 35 heavy (non-hydrogen) atoms. The summed E-state index contributed by atoms with van der Waals surface area (Å²) in [5.41, 5.74) is 2.90. The van der Waals surface area contributed by atoms with Crippen molar-refractivity contribution < 1.29 is 14.6 Å². The number of aromatic nitrogens is 2. The van der Waals surface area contributed by atoms with Crippen LogP contribution in [0.1, 0.15) is 35.6 Å². The molecular formula is C27H22N4O4. The third-order valence-corrected chi connectivity index (χ3v) is 6.84. The smallest absolute Gasteiger partial charge is 0.343 e. The second-order valence-electron chi connectivity index (χ2n) is 8.87. The van der Waals surface area contributed by atoms with E-state index in [0.29, 0.717) is 34.9 Å². The van der Waals surface area contributed by atoms with Gasteiger partial charge in [0, 0.05) is 27.8 Å². The fourth-order valence-electron chi connectivity index (χ4n) is 4.88. The number of fused-ring (bicyclic) bond motifs is 5. The maximum absolute atomic E-state index is 13.3. The lowest BCUT2D eigenvalue weighted by atomic mass is 9.86. The Kier molecular flexibility index (Phi) is 4.62. The van der Waals surface area contributed by atoms with E-state index in [1.54, 1.807) is 17.6 Å². The quantitative estimate of drug-likeness (QED) is 0.213. The van der Waals surface area contributed by atoms with E-state index in [1.807, 2.05) is 54.6 Å². The van der Waals surface area contributed by atoms with Gasteiger partial charge in [-0.25, -0.2) is 9.78 Å². The fraction of sp³-hybridized carbons (Fsp3) is 0.185. The molecule has 6 rings (SSSR count). The fourth-order valence-corrected chi connectivity index (χ4v) is 4.88. The predicted molar refractivity (Wildman–Crippen MR) is 131 cm³/mol. The van der Waals surface area contributed by atoms with Gasteiger partial charge in [-0.3, -0.25) is 10.2 Å². The van der Waals surface area contributed by atoms with E-state index in [-0.39, 0.29) is 18.6 Å². The molecule has 4 aromatic rings. The average molecular weight is 466 g/mol. The van der Waals surface area contributed by atoms with Crippen molar-refractivity contribution in [3.05, 3.63) is 93.3 Å². The first kappa shape index (κ1) is 21.2. The Morgan fingerprint density at radius 1 is 1.17 bits per heavy atom. The number of pyridine rings is 2. The van der Waals surface area contributed by atoms with Crippen LogP contribution < -0.4 is 10.9 Å². The summed E-state index contributed by atoms with van der Waals surface area (Å²) in [6.07, 6.45) is 0.105. The van der Waals surface area contributed by atoms with Crippen LogP contribution in [0.15, 0.2) is 65.5 Å². The second-order valence-corrected chi connectivity index (χ2v) is 8.87. The van der Waals surface area contributed by atoms with Crippen LogP contribution in [0, 0.1) is 5.41 Å². The zero-order chi connectivity index (χ0) is 24.3. The van der Waals surface area contributed by atoms with Gasteiger partial charge in [0.05, 0.1) is 29.0 Å². The first-order valence-corrected chi connectivity index (χ1v) is 11.4. The molecule has 0 saturated heterocycles. The predicted octanol–water partition coefficient (Wildman–Crippen LogP) is 3.52. The first-order valence-electron chi connectivity index (χ1n) is 11.4. The lowest BCUT2D eigenvalue weighted by Gasteiger charge is -2.31. The molecule has 3 N–H and O–H groups in total. The zero-order valence-electron chi connectivity index (χ0n) is 19.0. The molecule has 0 bridgehead atoms. The van der Waals surface area contributed by atoms with Gasteiger partial charge in [0.1, 0.15) is 12.4 Å². The van der Waals surface area contributed by atoms with Crippen LogP contribution >= 0.6 is 0 Å². The zero-order valence-corrected chi connectivity index (χ0v) is 19.0. The molecule has 174 valence electrons. The van der Waals surface area contributed by atoms with E-state index >= 15 is 0 Å². The minimum Gasteiger partial charge on any atom is -0.458 e. The molecule has 2 aliphatic heterocycles. The first-order chi connectivity index (χ1) is 16.9. The van der Waals surface area contributed by atoms with Gasteiger partial charge in [-0.2, -0.15) is 0 Å². The number of esters is 1. The summed E-state index contributed by atoms with van der Waals surface area (Å²) in [5.74, 6) is -0.438. The molecular weight excluding hydrogens is 444 g/mol. The molecule has 1 atom stereocenters. The Hall–Kier alpha value is -4.30. The van der Waals surface area contributed by atoms with Crippen molar-refractivity contribution >= 4 is 28.4 Å². The number of nitrogens with zero attached hydrogens (tertiary/aromatic N) is 2. The van der Waals surface area contributed by atoms with Gasteiger partial charge < -0.3 is 19.7 Å². The van der Waals surface area contributed by atoms with Crippen LogP contribution in [-0.2, 0) is 28.3 Å². The summed E-state index contributed by atoms with van der Waals surface area (Å²) in [6.45, 7) is 1.88. The highest BCUT2D eigenvalue weighted by Gasteiger charge is 2.45. The van der Waals surface area contributed by atoms with Crippen LogP contribution in [0.2, 0.25) is 0 Å². The number of rotatable bonds is 3. The van der Waals surface area contributed by atoms with E-state index in [4.69, 9.17) is 15.1 Å². The molecule has 1 unspecified atom stereocenters. The number of ether oxygens (including phenoxy) is 1. The number of amidine groups is 1. The summed E-state index contributed by atoms with van der Waals surface area (Å²) in [7, 11) is 0. The van der Waals surface area contributed by atoms with Crippen molar-refractivity contribution in [2.45, 2.75) is 32.1 Å². The molecule has 0 fully saturated rings. The molecule has 0 spiro atoms. The van der Waals surface area contributed by atoms with Crippen molar-refractivity contribution in [2.24, 2.45) is 0 Å². The Balaban J connectivity index is 1.41.